The van der Waals surface area contributed by atoms with Gasteiger partial charge in [-0.1, -0.05) is 0 Å². The number of hydrogen-bond acceptors (Lipinski definition) is 2. The summed E-state index contributed by atoms with van der Waals surface area (Å²) in [6.45, 7) is 1.92. The van der Waals surface area contributed by atoms with Crippen LogP contribution in [-0.4, -0.2) is 25.3 Å². The van der Waals surface area contributed by atoms with E-state index in [1.54, 1.807) is 7.05 Å². The summed E-state index contributed by atoms with van der Waals surface area (Å²) in [5, 5.41) is 4.26. The first-order chi connectivity index (χ1) is 3.18. The van der Waals surface area contributed by atoms with E-state index in [9.17, 15) is 0 Å². The Morgan fingerprint density at radius 2 is 2.14 bits per heavy atom. The SMILES string of the molecule is CNC(C)N(C)[NH-]. The van der Waals surface area contributed by atoms with Crippen molar-refractivity contribution in [3.05, 3.63) is 5.84 Å². The Morgan fingerprint density at radius 1 is 1.71 bits per heavy atom. The molecule has 0 fully saturated rings. The molecule has 0 bridgehead atoms. The molecule has 0 aromatic heterocycles. The highest BCUT2D eigenvalue weighted by Gasteiger charge is 1.89. The summed E-state index contributed by atoms with van der Waals surface area (Å²) in [5.41, 5.74) is 0. The lowest BCUT2D eigenvalue weighted by Gasteiger charge is -2.27. The predicted octanol–water partition coefficient (Wildman–Crippen LogP) is 0.451. The number of nitrogens with zero attached hydrogens (tertiary/aromatic N) is 1. The fourth-order valence-electron chi connectivity index (χ4n) is 0.194. The van der Waals surface area contributed by atoms with Crippen molar-refractivity contribution in [1.29, 1.82) is 0 Å². The molecule has 0 spiro atoms. The van der Waals surface area contributed by atoms with Gasteiger partial charge in [0.15, 0.2) is 0 Å². The van der Waals surface area contributed by atoms with Crippen LogP contribution in [0.1, 0.15) is 6.92 Å². The zero-order chi connectivity index (χ0) is 5.86. The average molecular weight is 102 g/mol. The summed E-state index contributed by atoms with van der Waals surface area (Å²) < 4.78 is 0. The molecule has 0 aliphatic heterocycles. The Balaban J connectivity index is 3.14. The van der Waals surface area contributed by atoms with Gasteiger partial charge in [-0.2, -0.15) is 0 Å². The Bertz CT molecular complexity index is 44.2. The molecule has 0 saturated carbocycles. The van der Waals surface area contributed by atoms with E-state index < -0.39 is 0 Å². The van der Waals surface area contributed by atoms with Crippen molar-refractivity contribution in [2.45, 2.75) is 13.1 Å². The molecule has 0 rings (SSSR count). The molecule has 0 saturated heterocycles. The van der Waals surface area contributed by atoms with Crippen molar-refractivity contribution in [3.63, 3.8) is 0 Å². The van der Waals surface area contributed by atoms with Gasteiger partial charge < -0.3 is 16.2 Å². The van der Waals surface area contributed by atoms with Crippen LogP contribution in [0.4, 0.5) is 0 Å². The minimum Gasteiger partial charge on any atom is -0.609 e. The van der Waals surface area contributed by atoms with Gasteiger partial charge in [0, 0.05) is 6.17 Å². The summed E-state index contributed by atoms with van der Waals surface area (Å²) in [4.78, 5) is 0. The Labute approximate surface area is 44.5 Å². The highest BCUT2D eigenvalue weighted by atomic mass is 15.4. The highest BCUT2D eigenvalue weighted by Crippen LogP contribution is 1.84. The van der Waals surface area contributed by atoms with E-state index >= 15 is 0 Å². The van der Waals surface area contributed by atoms with Crippen LogP contribution in [0.3, 0.4) is 0 Å². The third kappa shape index (κ3) is 2.56. The third-order valence-electron chi connectivity index (χ3n) is 0.999. The summed E-state index contributed by atoms with van der Waals surface area (Å²) in [5.74, 6) is 6.95. The molecule has 0 radical (unpaired) electrons. The molecule has 3 heteroatoms. The van der Waals surface area contributed by atoms with Gasteiger partial charge in [-0.3, -0.25) is 0 Å². The molecule has 0 amide bonds. The molecule has 0 aromatic rings. The normalized spacial score (nSPS) is 15.0. The van der Waals surface area contributed by atoms with Crippen molar-refractivity contribution in [1.82, 2.24) is 10.3 Å². The van der Waals surface area contributed by atoms with E-state index in [0.717, 1.165) is 0 Å². The van der Waals surface area contributed by atoms with Crippen molar-refractivity contribution < 1.29 is 0 Å². The third-order valence-corrected chi connectivity index (χ3v) is 0.999. The minimum atomic E-state index is 0.153. The van der Waals surface area contributed by atoms with Crippen LogP contribution in [0, 0.1) is 0 Å². The zero-order valence-electron chi connectivity index (χ0n) is 5.02. The topological polar surface area (TPSA) is 39.1 Å². The van der Waals surface area contributed by atoms with Gasteiger partial charge in [0.2, 0.25) is 0 Å². The van der Waals surface area contributed by atoms with Gasteiger partial charge in [0.25, 0.3) is 0 Å². The second-order valence-electron chi connectivity index (χ2n) is 1.58. The monoisotopic (exact) mass is 102 g/mol. The van der Waals surface area contributed by atoms with Gasteiger partial charge in [-0.05, 0) is 21.0 Å². The van der Waals surface area contributed by atoms with Crippen LogP contribution in [0.5, 0.6) is 0 Å². The van der Waals surface area contributed by atoms with Crippen molar-refractivity contribution in [3.8, 4) is 0 Å². The van der Waals surface area contributed by atoms with Gasteiger partial charge in [0.05, 0.1) is 0 Å². The lowest BCUT2D eigenvalue weighted by atomic mass is 10.6. The maximum Gasteiger partial charge on any atom is 0.0394 e. The first-order valence-corrected chi connectivity index (χ1v) is 2.30. The molecule has 44 valence electrons. The highest BCUT2D eigenvalue weighted by molar-refractivity contribution is 4.55. The van der Waals surface area contributed by atoms with Gasteiger partial charge in [0.1, 0.15) is 0 Å². The van der Waals surface area contributed by atoms with Crippen LogP contribution in [0.15, 0.2) is 0 Å². The molecule has 2 N–H and O–H groups in total. The smallest absolute Gasteiger partial charge is 0.0394 e. The Hall–Kier alpha value is -0.120. The van der Waals surface area contributed by atoms with Crippen LogP contribution >= 0.6 is 0 Å². The van der Waals surface area contributed by atoms with E-state index in [2.05, 4.69) is 5.32 Å². The molecule has 0 aromatic carbocycles. The van der Waals surface area contributed by atoms with E-state index in [0.29, 0.717) is 0 Å². The van der Waals surface area contributed by atoms with E-state index in [1.165, 1.54) is 5.01 Å². The first kappa shape index (κ1) is 6.88. The lowest BCUT2D eigenvalue weighted by molar-refractivity contribution is 0.315. The summed E-state index contributed by atoms with van der Waals surface area (Å²) in [6.07, 6.45) is 0.153. The van der Waals surface area contributed by atoms with E-state index in [4.69, 9.17) is 5.84 Å². The fraction of sp³-hybridized carbons (Fsp3) is 1.00. The second kappa shape index (κ2) is 2.96. The predicted molar refractivity (Wildman–Crippen MR) is 30.6 cm³/mol. The van der Waals surface area contributed by atoms with Crippen molar-refractivity contribution >= 4 is 0 Å². The summed E-state index contributed by atoms with van der Waals surface area (Å²) in [6, 6.07) is 0. The molecule has 7 heavy (non-hydrogen) atoms. The minimum absolute atomic E-state index is 0.153. The van der Waals surface area contributed by atoms with Crippen molar-refractivity contribution in [2.75, 3.05) is 14.1 Å². The Morgan fingerprint density at radius 3 is 2.14 bits per heavy atom. The number of hydrogen-bond donors (Lipinski definition) is 1. The lowest BCUT2D eigenvalue weighted by Crippen LogP contribution is -2.33. The Kier molecular flexibility index (Phi) is 2.91. The van der Waals surface area contributed by atoms with Gasteiger partial charge >= 0.3 is 0 Å². The molecule has 3 nitrogen and oxygen atoms in total. The second-order valence-corrected chi connectivity index (χ2v) is 1.58. The average Bonchev–Trinajstić information content (AvgIpc) is 1.65. The van der Waals surface area contributed by atoms with Gasteiger partial charge in [-0.15, -0.1) is 0 Å². The zero-order valence-corrected chi connectivity index (χ0v) is 5.02. The first-order valence-electron chi connectivity index (χ1n) is 2.30. The maximum atomic E-state index is 6.95. The molecular formula is C4H12N3-. The quantitative estimate of drug-likeness (QED) is 0.406. The van der Waals surface area contributed by atoms with Crippen LogP contribution in [0.25, 0.3) is 5.84 Å². The van der Waals surface area contributed by atoms with E-state index in [-0.39, 0.29) is 6.17 Å². The fourth-order valence-corrected chi connectivity index (χ4v) is 0.194. The van der Waals surface area contributed by atoms with Gasteiger partial charge in [-0.25, -0.2) is 0 Å². The van der Waals surface area contributed by atoms with Crippen LogP contribution < -0.4 is 5.32 Å². The maximum absolute atomic E-state index is 6.95. The molecular weight excluding hydrogens is 90.1 g/mol. The molecule has 1 unspecified atom stereocenters. The molecule has 0 aliphatic rings. The molecule has 0 heterocycles. The number of nitrogens with one attached hydrogen (secondary N) is 2. The summed E-state index contributed by atoms with van der Waals surface area (Å²) in [7, 11) is 3.54. The largest absolute Gasteiger partial charge is 0.609 e. The van der Waals surface area contributed by atoms with Crippen molar-refractivity contribution in [2.24, 2.45) is 0 Å². The van der Waals surface area contributed by atoms with E-state index in [1.807, 2.05) is 14.0 Å². The molecule has 0 aliphatic carbocycles. The number of rotatable bonds is 2. The molecule has 1 atom stereocenters. The summed E-state index contributed by atoms with van der Waals surface area (Å²) >= 11 is 0. The standard InChI is InChI=1S/C4H12N3/c1-4(6-2)7(3)5/h4-6H,1-3H3/q-1. The van der Waals surface area contributed by atoms with Crippen LogP contribution in [-0.2, 0) is 0 Å². The van der Waals surface area contributed by atoms with Crippen LogP contribution in [0.2, 0.25) is 0 Å².